The molecule has 1 aliphatic carbocycles. The highest BCUT2D eigenvalue weighted by atomic mass is 32.1. The Morgan fingerprint density at radius 3 is 2.56 bits per heavy atom. The fraction of sp³-hybridized carbons (Fsp3) is 0.535. The minimum Gasteiger partial charge on any atom is -0.491 e. The SMILES string of the molecule is C[C@H]1CN(CCOCCOCCOCCOc2ccc3c(c2)n(C)c(=O)n3C2CCC(=O)NC2=O)CCCN1c1nccc(-c2noc([C@@]3(C)CCCc4sc(N)c(C#N)c43)n2)n1. The van der Waals surface area contributed by atoms with Crippen molar-refractivity contribution in [2.45, 2.75) is 69.9 Å². The number of hydrogen-bond acceptors (Lipinski definition) is 17. The number of aryl methyl sites for hydroxylation is 2. The van der Waals surface area contributed by atoms with Gasteiger partial charge in [0.25, 0.3) is 0 Å². The van der Waals surface area contributed by atoms with Gasteiger partial charge in [0, 0.05) is 61.8 Å². The lowest BCUT2D eigenvalue weighted by Crippen LogP contribution is -2.44. The summed E-state index contributed by atoms with van der Waals surface area (Å²) in [6.45, 7) is 10.6. The first-order valence-corrected chi connectivity index (χ1v) is 22.3. The molecule has 3 atom stereocenters. The summed E-state index contributed by atoms with van der Waals surface area (Å²) in [4.78, 5) is 57.1. The number of carbonyl (C=O) groups is 2. The molecule has 19 nitrogen and oxygen atoms in total. The number of amides is 2. The Hall–Kier alpha value is -5.72. The van der Waals surface area contributed by atoms with Gasteiger partial charge in [0.1, 0.15) is 35.2 Å². The molecule has 3 N–H and O–H groups in total. The Balaban J connectivity index is 0.718. The van der Waals surface area contributed by atoms with E-state index >= 15 is 0 Å². The van der Waals surface area contributed by atoms with Crippen LogP contribution in [0.2, 0.25) is 0 Å². The first-order valence-electron chi connectivity index (χ1n) is 21.4. The highest BCUT2D eigenvalue weighted by Gasteiger charge is 2.43. The van der Waals surface area contributed by atoms with Crippen molar-refractivity contribution in [3.8, 4) is 23.3 Å². The second-order valence-electron chi connectivity index (χ2n) is 16.3. The number of imidazole rings is 1. The van der Waals surface area contributed by atoms with Crippen LogP contribution in [0.3, 0.4) is 0 Å². The number of imide groups is 1. The van der Waals surface area contributed by atoms with Crippen LogP contribution in [-0.2, 0) is 42.7 Å². The van der Waals surface area contributed by atoms with Crippen molar-refractivity contribution in [2.75, 3.05) is 83.1 Å². The second-order valence-corrected chi connectivity index (χ2v) is 17.4. The van der Waals surface area contributed by atoms with Gasteiger partial charge in [-0.1, -0.05) is 5.16 Å². The number of aromatic nitrogens is 6. The number of nitrogen functional groups attached to an aromatic ring is 1. The van der Waals surface area contributed by atoms with Gasteiger partial charge in [-0.15, -0.1) is 11.3 Å². The zero-order valence-electron chi connectivity index (χ0n) is 35.8. The molecule has 1 aromatic carbocycles. The summed E-state index contributed by atoms with van der Waals surface area (Å²) in [5, 5.41) is 17.1. The van der Waals surface area contributed by atoms with Crippen molar-refractivity contribution in [2.24, 2.45) is 7.05 Å². The van der Waals surface area contributed by atoms with Crippen LogP contribution in [0.4, 0.5) is 10.9 Å². The molecule has 334 valence electrons. The van der Waals surface area contributed by atoms with E-state index in [9.17, 15) is 19.6 Å². The van der Waals surface area contributed by atoms with Gasteiger partial charge in [-0.25, -0.2) is 14.8 Å². The number of nitrogens with zero attached hydrogens (tertiary/aromatic N) is 9. The van der Waals surface area contributed by atoms with Gasteiger partial charge >= 0.3 is 5.69 Å². The molecule has 20 heteroatoms. The van der Waals surface area contributed by atoms with Crippen LogP contribution in [0.25, 0.3) is 22.6 Å². The molecule has 4 aromatic heterocycles. The van der Waals surface area contributed by atoms with Gasteiger partial charge in [-0.05, 0) is 70.7 Å². The standard InChI is InChI=1S/C43H53N11O8S/c1-27-26-52(14-5-15-53(27)41-46-13-11-30(47-41)38-49-40(62-50-38)43(2)12-4-6-34-36(43)29(25-44)37(45)63-34)16-17-58-18-19-59-20-21-60-22-23-61-28-7-8-31-33(24-28)51(3)42(57)54(31)32-9-10-35(55)48-39(32)56/h7-8,11,13,24,27,32H,4-6,9-10,12,14-23,26,45H2,1-3H3,(H,48,55,56)/t27-,32?,43-/m0/s1. The van der Waals surface area contributed by atoms with E-state index in [1.807, 2.05) is 0 Å². The summed E-state index contributed by atoms with van der Waals surface area (Å²) in [7, 11) is 1.64. The predicted octanol–water partition coefficient (Wildman–Crippen LogP) is 3.34. The van der Waals surface area contributed by atoms with Crippen LogP contribution in [-0.4, -0.2) is 124 Å². The molecule has 63 heavy (non-hydrogen) atoms. The number of thiophene rings is 1. The Morgan fingerprint density at radius 2 is 1.78 bits per heavy atom. The molecule has 2 fully saturated rings. The van der Waals surface area contributed by atoms with E-state index in [1.54, 1.807) is 37.5 Å². The zero-order valence-corrected chi connectivity index (χ0v) is 36.7. The highest BCUT2D eigenvalue weighted by molar-refractivity contribution is 7.16. The monoisotopic (exact) mass is 883 g/mol. The molecule has 2 aliphatic heterocycles. The molecule has 0 spiro atoms. The van der Waals surface area contributed by atoms with E-state index in [-0.39, 0.29) is 30.5 Å². The highest BCUT2D eigenvalue weighted by Crippen LogP contribution is 2.48. The smallest absolute Gasteiger partial charge is 0.329 e. The lowest BCUT2D eigenvalue weighted by Gasteiger charge is -2.30. The third-order valence-corrected chi connectivity index (χ3v) is 13.2. The van der Waals surface area contributed by atoms with E-state index in [2.05, 4.69) is 45.2 Å². The molecule has 5 aromatic rings. The van der Waals surface area contributed by atoms with Crippen molar-refractivity contribution in [1.29, 1.82) is 5.26 Å². The quantitative estimate of drug-likeness (QED) is 0.101. The Labute approximate surface area is 368 Å². The molecular weight excluding hydrogens is 831 g/mol. The number of ether oxygens (including phenoxy) is 4. The number of benzene rings is 1. The molecule has 0 radical (unpaired) electrons. The van der Waals surface area contributed by atoms with E-state index in [0.717, 1.165) is 62.3 Å². The number of nitriles is 1. The maximum absolute atomic E-state index is 13.0. The fourth-order valence-electron chi connectivity index (χ4n) is 8.84. The maximum Gasteiger partial charge on any atom is 0.329 e. The molecule has 2 amide bonds. The maximum atomic E-state index is 13.0. The molecule has 8 rings (SSSR count). The third kappa shape index (κ3) is 9.33. The average Bonchev–Trinajstić information content (AvgIpc) is 3.93. The van der Waals surface area contributed by atoms with E-state index in [1.165, 1.54) is 20.5 Å². The van der Waals surface area contributed by atoms with Crippen LogP contribution < -0.4 is 26.4 Å². The molecular formula is C43H53N11O8S. The van der Waals surface area contributed by atoms with Crippen LogP contribution in [0.15, 0.2) is 39.8 Å². The minimum absolute atomic E-state index is 0.156. The van der Waals surface area contributed by atoms with Crippen LogP contribution in [0, 0.1) is 11.3 Å². The first kappa shape index (κ1) is 43.9. The third-order valence-electron chi connectivity index (χ3n) is 12.1. The van der Waals surface area contributed by atoms with E-state index in [0.29, 0.717) is 97.0 Å². The van der Waals surface area contributed by atoms with Gasteiger partial charge < -0.3 is 34.1 Å². The van der Waals surface area contributed by atoms with Gasteiger partial charge in [-0.3, -0.25) is 28.9 Å². The number of hydrogen-bond donors (Lipinski definition) is 2. The minimum atomic E-state index is -0.737. The van der Waals surface area contributed by atoms with Crippen LogP contribution in [0.1, 0.15) is 73.9 Å². The number of carbonyl (C=O) groups excluding carboxylic acids is 2. The Kier molecular flexibility index (Phi) is 13.5. The van der Waals surface area contributed by atoms with Crippen molar-refractivity contribution in [3.63, 3.8) is 0 Å². The van der Waals surface area contributed by atoms with Crippen molar-refractivity contribution in [1.82, 2.24) is 39.5 Å². The molecule has 0 saturated carbocycles. The van der Waals surface area contributed by atoms with Crippen LogP contribution >= 0.6 is 11.3 Å². The normalized spacial score (nSPS) is 20.7. The van der Waals surface area contributed by atoms with Gasteiger partial charge in [0.15, 0.2) is 0 Å². The first-order chi connectivity index (χ1) is 30.5. The Morgan fingerprint density at radius 1 is 1.00 bits per heavy atom. The summed E-state index contributed by atoms with van der Waals surface area (Å²) in [5.41, 5.74) is 8.52. The molecule has 3 aliphatic rings. The predicted molar refractivity (Wildman–Crippen MR) is 233 cm³/mol. The zero-order chi connectivity index (χ0) is 44.1. The lowest BCUT2D eigenvalue weighted by atomic mass is 9.72. The van der Waals surface area contributed by atoms with Gasteiger partial charge in [0.2, 0.25) is 29.5 Å². The number of piperidine rings is 1. The molecule has 1 unspecified atom stereocenters. The number of anilines is 2. The molecule has 0 bridgehead atoms. The summed E-state index contributed by atoms with van der Waals surface area (Å²) in [6, 6.07) is 8.78. The summed E-state index contributed by atoms with van der Waals surface area (Å²) in [5.74, 6) is 1.24. The van der Waals surface area contributed by atoms with Crippen molar-refractivity contribution < 1.29 is 33.1 Å². The van der Waals surface area contributed by atoms with E-state index < -0.39 is 17.4 Å². The Bertz CT molecular complexity index is 2540. The average molecular weight is 884 g/mol. The van der Waals surface area contributed by atoms with Crippen molar-refractivity contribution >= 4 is 45.1 Å². The topological polar surface area (TPSA) is 231 Å². The largest absolute Gasteiger partial charge is 0.491 e. The van der Waals surface area contributed by atoms with Crippen molar-refractivity contribution in [3.05, 3.63) is 62.8 Å². The van der Waals surface area contributed by atoms with Crippen LogP contribution in [0.5, 0.6) is 5.75 Å². The number of nitrogens with two attached hydrogens (primary N) is 1. The van der Waals surface area contributed by atoms with Gasteiger partial charge in [0.05, 0.1) is 61.7 Å². The number of nitrogens with one attached hydrogen (secondary N) is 1. The second kappa shape index (κ2) is 19.3. The summed E-state index contributed by atoms with van der Waals surface area (Å²) < 4.78 is 31.9. The molecule has 6 heterocycles. The van der Waals surface area contributed by atoms with E-state index in [4.69, 9.17) is 39.2 Å². The van der Waals surface area contributed by atoms with Gasteiger partial charge in [-0.2, -0.15) is 10.2 Å². The summed E-state index contributed by atoms with van der Waals surface area (Å²) in [6.07, 6.45) is 5.74. The number of rotatable bonds is 17. The fourth-order valence-corrected chi connectivity index (χ4v) is 10.0. The number of fused-ring (bicyclic) bond motifs is 2. The summed E-state index contributed by atoms with van der Waals surface area (Å²) >= 11 is 1.48. The lowest BCUT2D eigenvalue weighted by molar-refractivity contribution is -0.135. The molecule has 2 saturated heterocycles.